The van der Waals surface area contributed by atoms with E-state index < -0.39 is 0 Å². The Morgan fingerprint density at radius 2 is 1.90 bits per heavy atom. The van der Waals surface area contributed by atoms with Crippen LogP contribution in [0, 0.1) is 23.2 Å². The number of carbonyl (C=O) groups is 1. The lowest BCUT2D eigenvalue weighted by atomic mass is 9.49. The fourth-order valence-corrected chi connectivity index (χ4v) is 7.50. The number of amides is 1. The van der Waals surface area contributed by atoms with E-state index in [1.807, 2.05) is 23.9 Å². The van der Waals surface area contributed by atoms with E-state index in [4.69, 9.17) is 9.52 Å². The van der Waals surface area contributed by atoms with Crippen LogP contribution in [0.3, 0.4) is 0 Å². The van der Waals surface area contributed by atoms with Gasteiger partial charge in [-0.25, -0.2) is 0 Å². The van der Waals surface area contributed by atoms with Crippen LogP contribution in [0.5, 0.6) is 0 Å². The van der Waals surface area contributed by atoms with Gasteiger partial charge in [-0.05, 0) is 93.2 Å². The minimum atomic E-state index is -0.126. The zero-order valence-electron chi connectivity index (χ0n) is 17.4. The molecule has 5 aliphatic carbocycles. The molecule has 0 spiro atoms. The highest BCUT2D eigenvalue weighted by Gasteiger charge is 2.55. The molecule has 0 aromatic carbocycles. The minimum Gasteiger partial charge on any atom is -0.467 e. The van der Waals surface area contributed by atoms with E-state index >= 15 is 0 Å². The van der Waals surface area contributed by atoms with Gasteiger partial charge in [0, 0.05) is 12.7 Å². The van der Waals surface area contributed by atoms with Gasteiger partial charge < -0.3 is 9.32 Å². The molecule has 0 aliphatic heterocycles. The Morgan fingerprint density at radius 3 is 2.55 bits per heavy atom. The predicted molar refractivity (Wildman–Crippen MR) is 109 cm³/mol. The van der Waals surface area contributed by atoms with E-state index in [1.54, 1.807) is 6.26 Å². The molecule has 0 saturated heterocycles. The molecule has 0 atom stereocenters. The number of aromatic nitrogens is 2. The molecule has 2 heterocycles. The lowest BCUT2D eigenvalue weighted by Crippen LogP contribution is -2.54. The van der Waals surface area contributed by atoms with Gasteiger partial charge in [0.05, 0.1) is 30.5 Å². The van der Waals surface area contributed by atoms with E-state index in [1.165, 1.54) is 36.9 Å². The number of carbonyl (C=O) groups excluding carboxylic acids is 1. The molecule has 2 aromatic heterocycles. The lowest BCUT2D eigenvalue weighted by Gasteiger charge is -2.56. The molecule has 29 heavy (non-hydrogen) atoms. The maximum atomic E-state index is 14.1. The Labute approximate surface area is 172 Å². The smallest absolute Gasteiger partial charge is 0.229 e. The van der Waals surface area contributed by atoms with Gasteiger partial charge in [-0.2, -0.15) is 5.10 Å². The van der Waals surface area contributed by atoms with Gasteiger partial charge in [0.2, 0.25) is 5.91 Å². The summed E-state index contributed by atoms with van der Waals surface area (Å²) < 4.78 is 7.69. The third-order valence-electron chi connectivity index (χ3n) is 8.24. The molecule has 7 rings (SSSR count). The topological polar surface area (TPSA) is 51.3 Å². The molecule has 4 bridgehead atoms. The summed E-state index contributed by atoms with van der Waals surface area (Å²) in [5.74, 6) is 3.56. The number of fused-ring (bicyclic) bond motifs is 1. The van der Waals surface area contributed by atoms with Crippen LogP contribution in [0.4, 0.5) is 0 Å². The lowest BCUT2D eigenvalue weighted by molar-refractivity contribution is -0.159. The van der Waals surface area contributed by atoms with Crippen LogP contribution in [0.25, 0.3) is 0 Å². The van der Waals surface area contributed by atoms with Crippen molar-refractivity contribution in [3.05, 3.63) is 41.1 Å². The van der Waals surface area contributed by atoms with Crippen molar-refractivity contribution in [2.24, 2.45) is 30.2 Å². The quantitative estimate of drug-likeness (QED) is 0.763. The summed E-state index contributed by atoms with van der Waals surface area (Å²) in [6.45, 7) is 1.17. The third kappa shape index (κ3) is 2.88. The van der Waals surface area contributed by atoms with E-state index in [-0.39, 0.29) is 5.41 Å². The monoisotopic (exact) mass is 393 g/mol. The minimum absolute atomic E-state index is 0.126. The first kappa shape index (κ1) is 17.8. The molecule has 4 saturated carbocycles. The summed E-state index contributed by atoms with van der Waals surface area (Å²) >= 11 is 0. The van der Waals surface area contributed by atoms with Gasteiger partial charge in [-0.15, -0.1) is 0 Å². The molecule has 154 valence electrons. The van der Waals surface area contributed by atoms with Crippen LogP contribution >= 0.6 is 0 Å². The highest BCUT2D eigenvalue weighted by atomic mass is 16.3. The van der Waals surface area contributed by atoms with Crippen molar-refractivity contribution in [1.82, 2.24) is 14.7 Å². The number of aryl methyl sites for hydroxylation is 1. The van der Waals surface area contributed by atoms with Gasteiger partial charge in [0.25, 0.3) is 0 Å². The average Bonchev–Trinajstić information content (AvgIpc) is 3.41. The van der Waals surface area contributed by atoms with Crippen molar-refractivity contribution in [3.63, 3.8) is 0 Å². The largest absolute Gasteiger partial charge is 0.467 e. The molecule has 2 aromatic rings. The standard InChI is InChI=1S/C24H31N3O2/c1-26-22-6-2-5-20(22)21(25-26)15-27(14-19-4-3-7-29-19)23(28)24-11-16-8-17(12-24)10-18(9-16)13-24/h3-4,7,16-18H,2,5-6,8-15H2,1H3. The molecule has 0 radical (unpaired) electrons. The highest BCUT2D eigenvalue weighted by Crippen LogP contribution is 2.60. The third-order valence-corrected chi connectivity index (χ3v) is 8.24. The van der Waals surface area contributed by atoms with Crippen molar-refractivity contribution >= 4 is 5.91 Å². The van der Waals surface area contributed by atoms with Crippen LogP contribution in [-0.4, -0.2) is 20.6 Å². The fourth-order valence-electron chi connectivity index (χ4n) is 7.50. The summed E-state index contributed by atoms with van der Waals surface area (Å²) in [4.78, 5) is 16.2. The molecular weight excluding hydrogens is 362 g/mol. The Balaban J connectivity index is 1.32. The van der Waals surface area contributed by atoms with Gasteiger partial charge in [-0.1, -0.05) is 0 Å². The van der Waals surface area contributed by atoms with Crippen LogP contribution < -0.4 is 0 Å². The van der Waals surface area contributed by atoms with E-state index in [0.29, 0.717) is 19.0 Å². The predicted octanol–water partition coefficient (Wildman–Crippen LogP) is 4.25. The fraction of sp³-hybridized carbons (Fsp3) is 0.667. The Bertz CT molecular complexity index is 891. The zero-order chi connectivity index (χ0) is 19.6. The molecule has 1 amide bonds. The van der Waals surface area contributed by atoms with E-state index in [9.17, 15) is 4.79 Å². The highest BCUT2D eigenvalue weighted by molar-refractivity contribution is 5.83. The van der Waals surface area contributed by atoms with Gasteiger partial charge in [0.15, 0.2) is 0 Å². The normalized spacial score (nSPS) is 32.0. The number of hydrogen-bond donors (Lipinski definition) is 0. The maximum absolute atomic E-state index is 14.1. The van der Waals surface area contributed by atoms with Crippen molar-refractivity contribution in [1.29, 1.82) is 0 Å². The van der Waals surface area contributed by atoms with Crippen LogP contribution in [0.1, 0.15) is 67.7 Å². The Morgan fingerprint density at radius 1 is 1.17 bits per heavy atom. The summed E-state index contributed by atoms with van der Waals surface area (Å²) in [5.41, 5.74) is 3.72. The summed E-state index contributed by atoms with van der Waals surface area (Å²) in [7, 11) is 2.05. The molecule has 5 aliphatic rings. The summed E-state index contributed by atoms with van der Waals surface area (Å²) in [6, 6.07) is 3.91. The van der Waals surface area contributed by atoms with E-state index in [2.05, 4.69) is 4.90 Å². The summed E-state index contributed by atoms with van der Waals surface area (Å²) in [5, 5.41) is 4.82. The Hall–Kier alpha value is -2.04. The Kier molecular flexibility index (Phi) is 3.97. The van der Waals surface area contributed by atoms with Crippen LogP contribution in [0.2, 0.25) is 0 Å². The van der Waals surface area contributed by atoms with Crippen molar-refractivity contribution in [2.75, 3.05) is 0 Å². The molecule has 5 heteroatoms. The zero-order valence-corrected chi connectivity index (χ0v) is 17.4. The first-order chi connectivity index (χ1) is 14.1. The number of rotatable bonds is 5. The van der Waals surface area contributed by atoms with Crippen molar-refractivity contribution in [3.8, 4) is 0 Å². The molecule has 5 nitrogen and oxygen atoms in total. The number of furan rings is 1. The van der Waals surface area contributed by atoms with Crippen molar-refractivity contribution < 1.29 is 9.21 Å². The van der Waals surface area contributed by atoms with Crippen LogP contribution in [0.15, 0.2) is 22.8 Å². The first-order valence-corrected chi connectivity index (χ1v) is 11.4. The van der Waals surface area contributed by atoms with Crippen molar-refractivity contribution in [2.45, 2.75) is 70.9 Å². The second-order valence-corrected chi connectivity index (χ2v) is 10.3. The van der Waals surface area contributed by atoms with Gasteiger partial charge in [-0.3, -0.25) is 9.48 Å². The number of nitrogens with zero attached hydrogens (tertiary/aromatic N) is 3. The van der Waals surface area contributed by atoms with Gasteiger partial charge in [0.1, 0.15) is 5.76 Å². The first-order valence-electron chi connectivity index (χ1n) is 11.4. The average molecular weight is 394 g/mol. The second kappa shape index (κ2) is 6.48. The molecule has 0 N–H and O–H groups in total. The van der Waals surface area contributed by atoms with E-state index in [0.717, 1.165) is 61.3 Å². The maximum Gasteiger partial charge on any atom is 0.229 e. The number of hydrogen-bond acceptors (Lipinski definition) is 3. The molecule has 0 unspecified atom stereocenters. The second-order valence-electron chi connectivity index (χ2n) is 10.3. The SMILES string of the molecule is Cn1nc(CN(Cc2ccco2)C(=O)C23CC4CC(CC(C4)C2)C3)c2c1CCC2. The summed E-state index contributed by atoms with van der Waals surface area (Å²) in [6.07, 6.45) is 12.5. The van der Waals surface area contributed by atoms with Crippen LogP contribution in [-0.2, 0) is 37.8 Å². The molecule has 4 fully saturated rings. The molecular formula is C24H31N3O2. The van der Waals surface area contributed by atoms with Gasteiger partial charge >= 0.3 is 0 Å².